The van der Waals surface area contributed by atoms with E-state index in [4.69, 9.17) is 15.3 Å². The Hall–Kier alpha value is -4.54. The van der Waals surface area contributed by atoms with Crippen LogP contribution in [0.15, 0.2) is 60.8 Å². The lowest BCUT2D eigenvalue weighted by atomic mass is 9.84. The van der Waals surface area contributed by atoms with Gasteiger partial charge in [0, 0.05) is 18.7 Å². The van der Waals surface area contributed by atoms with Crippen LogP contribution >= 0.6 is 0 Å². The molecule has 1 fully saturated rings. The molecule has 0 unspecified atom stereocenters. The van der Waals surface area contributed by atoms with Gasteiger partial charge in [-0.3, -0.25) is 9.59 Å². The fourth-order valence-corrected chi connectivity index (χ4v) is 4.43. The molecule has 0 atom stereocenters. The van der Waals surface area contributed by atoms with Gasteiger partial charge in [-0.25, -0.2) is 4.98 Å². The number of carbonyl (C=O) groups excluding carboxylic acids is 2. The third-order valence-electron chi connectivity index (χ3n) is 6.41. The number of anilines is 1. The van der Waals surface area contributed by atoms with E-state index >= 15 is 0 Å². The molecular weight excluding hydrogens is 474 g/mol. The number of primary amides is 1. The first-order valence-electron chi connectivity index (χ1n) is 12.2. The minimum atomic E-state index is -0.643. The summed E-state index contributed by atoms with van der Waals surface area (Å²) in [6, 6.07) is 17.0. The zero-order chi connectivity index (χ0) is 25.6. The molecule has 1 aliphatic carbocycles. The maximum Gasteiger partial charge on any atom is 0.347 e. The molecular formula is C26H27N7O4. The maximum absolute atomic E-state index is 12.3. The van der Waals surface area contributed by atoms with Gasteiger partial charge in [0.25, 0.3) is 5.91 Å². The van der Waals surface area contributed by atoms with Crippen molar-refractivity contribution in [2.24, 2.45) is 11.7 Å². The van der Waals surface area contributed by atoms with E-state index < -0.39 is 5.91 Å². The number of para-hydroxylation sites is 1. The van der Waals surface area contributed by atoms with Crippen LogP contribution in [-0.2, 0) is 16.1 Å². The van der Waals surface area contributed by atoms with Gasteiger partial charge in [-0.2, -0.15) is 4.98 Å². The second-order valence-electron chi connectivity index (χ2n) is 9.03. The molecule has 4 aromatic rings. The molecule has 1 aliphatic rings. The minimum Gasteiger partial charge on any atom is -0.461 e. The molecule has 0 bridgehead atoms. The lowest BCUT2D eigenvalue weighted by Gasteiger charge is -2.29. The summed E-state index contributed by atoms with van der Waals surface area (Å²) in [4.78, 5) is 39.7. The number of nitrogens with one attached hydrogen (secondary N) is 1. The van der Waals surface area contributed by atoms with Crippen LogP contribution < -0.4 is 15.9 Å². The molecule has 2 heterocycles. The van der Waals surface area contributed by atoms with Crippen LogP contribution in [0.2, 0.25) is 0 Å². The number of nitrogens with two attached hydrogens (primary N) is 1. The first-order valence-corrected chi connectivity index (χ1v) is 12.2. The Morgan fingerprint density at radius 1 is 1.03 bits per heavy atom. The second-order valence-corrected chi connectivity index (χ2v) is 9.03. The van der Waals surface area contributed by atoms with E-state index in [-0.39, 0.29) is 36.1 Å². The Labute approximate surface area is 212 Å². The Balaban J connectivity index is 1.17. The Kier molecular flexibility index (Phi) is 7.20. The molecule has 2 aromatic heterocycles. The summed E-state index contributed by atoms with van der Waals surface area (Å²) in [5.74, 6) is -0.279. The molecule has 190 valence electrons. The lowest BCUT2D eigenvalue weighted by Crippen LogP contribution is -2.29. The van der Waals surface area contributed by atoms with Crippen LogP contribution in [0.25, 0.3) is 11.0 Å². The first-order chi connectivity index (χ1) is 18.0. The number of esters is 1. The molecule has 0 spiro atoms. The Morgan fingerprint density at radius 2 is 1.78 bits per heavy atom. The van der Waals surface area contributed by atoms with Crippen LogP contribution in [0.1, 0.15) is 48.0 Å². The summed E-state index contributed by atoms with van der Waals surface area (Å²) in [5.41, 5.74) is 8.00. The molecule has 1 saturated carbocycles. The van der Waals surface area contributed by atoms with Crippen molar-refractivity contribution in [3.63, 3.8) is 0 Å². The molecule has 5 rings (SSSR count). The smallest absolute Gasteiger partial charge is 0.347 e. The zero-order valence-corrected chi connectivity index (χ0v) is 20.1. The number of ether oxygens (including phenoxy) is 1. The van der Waals surface area contributed by atoms with Crippen molar-refractivity contribution in [1.29, 1.82) is 0 Å². The number of rotatable bonds is 9. The number of carbonyl (C=O) groups is 2. The maximum atomic E-state index is 12.3. The van der Waals surface area contributed by atoms with E-state index in [0.29, 0.717) is 23.3 Å². The summed E-state index contributed by atoms with van der Waals surface area (Å²) >= 11 is 0. The van der Waals surface area contributed by atoms with Crippen LogP contribution in [0.5, 0.6) is 6.01 Å². The zero-order valence-electron chi connectivity index (χ0n) is 20.1. The fourth-order valence-electron chi connectivity index (χ4n) is 4.43. The Bertz CT molecular complexity index is 1380. The molecule has 0 radical (unpaired) electrons. The topological polar surface area (TPSA) is 147 Å². The molecule has 3 N–H and O–H groups in total. The number of benzene rings is 2. The standard InChI is InChI=1S/C26H27N7O4/c27-24(35)20-15-28-26(37-33-22-9-5-4-8-21(22)31-32-33)30-25(20)29-19-12-10-17(11-13-19)14-23(34)36-16-18-6-2-1-3-7-18/h1-9,15,17,19H,10-14,16H2,(H2,27,35)(H,28,29,30). The van der Waals surface area contributed by atoms with Gasteiger partial charge in [0.2, 0.25) is 0 Å². The largest absolute Gasteiger partial charge is 0.461 e. The number of amides is 1. The van der Waals surface area contributed by atoms with Gasteiger partial charge in [0.05, 0.1) is 0 Å². The normalized spacial score (nSPS) is 17.3. The Morgan fingerprint density at radius 3 is 2.57 bits per heavy atom. The van der Waals surface area contributed by atoms with Crippen LogP contribution in [-0.4, -0.2) is 43.0 Å². The van der Waals surface area contributed by atoms with E-state index in [1.807, 2.05) is 54.6 Å². The number of hydrogen-bond donors (Lipinski definition) is 2. The molecule has 0 saturated heterocycles. The number of hydrogen-bond acceptors (Lipinski definition) is 9. The minimum absolute atomic E-state index is 0.00185. The summed E-state index contributed by atoms with van der Waals surface area (Å²) in [7, 11) is 0. The molecule has 11 heteroatoms. The predicted octanol–water partition coefficient (Wildman–Crippen LogP) is 3.27. The van der Waals surface area contributed by atoms with E-state index in [9.17, 15) is 9.59 Å². The molecule has 1 amide bonds. The molecule has 11 nitrogen and oxygen atoms in total. The van der Waals surface area contributed by atoms with Crippen molar-refractivity contribution in [3.8, 4) is 6.01 Å². The van der Waals surface area contributed by atoms with E-state index in [1.165, 1.54) is 11.0 Å². The van der Waals surface area contributed by atoms with Crippen molar-refractivity contribution >= 4 is 28.7 Å². The van der Waals surface area contributed by atoms with Gasteiger partial charge in [-0.1, -0.05) is 47.3 Å². The van der Waals surface area contributed by atoms with Crippen LogP contribution in [0.3, 0.4) is 0 Å². The van der Waals surface area contributed by atoms with E-state index in [2.05, 4.69) is 25.6 Å². The summed E-state index contributed by atoms with van der Waals surface area (Å²) in [5, 5.41) is 11.3. The number of fused-ring (bicyclic) bond motifs is 1. The van der Waals surface area contributed by atoms with E-state index in [0.717, 1.165) is 31.2 Å². The number of aromatic nitrogens is 5. The third-order valence-corrected chi connectivity index (χ3v) is 6.41. The molecule has 0 aliphatic heterocycles. The van der Waals surface area contributed by atoms with Gasteiger partial charge in [0.1, 0.15) is 29.0 Å². The lowest BCUT2D eigenvalue weighted by molar-refractivity contribution is -0.146. The monoisotopic (exact) mass is 501 g/mol. The fraction of sp³-hybridized carbons (Fsp3) is 0.308. The second kappa shape index (κ2) is 11.0. The van der Waals surface area contributed by atoms with Crippen LogP contribution in [0, 0.1) is 5.92 Å². The van der Waals surface area contributed by atoms with E-state index in [1.54, 1.807) is 0 Å². The van der Waals surface area contributed by atoms with Crippen molar-refractivity contribution in [3.05, 3.63) is 71.9 Å². The highest BCUT2D eigenvalue weighted by Gasteiger charge is 2.25. The highest BCUT2D eigenvalue weighted by molar-refractivity contribution is 5.97. The molecule has 37 heavy (non-hydrogen) atoms. The van der Waals surface area contributed by atoms with Gasteiger partial charge < -0.3 is 20.6 Å². The number of nitrogens with zero attached hydrogens (tertiary/aromatic N) is 5. The highest BCUT2D eigenvalue weighted by atomic mass is 16.7. The average Bonchev–Trinajstić information content (AvgIpc) is 3.32. The summed E-state index contributed by atoms with van der Waals surface area (Å²) in [6.07, 6.45) is 5.04. The first kappa shape index (κ1) is 24.2. The van der Waals surface area contributed by atoms with Gasteiger partial charge >= 0.3 is 12.0 Å². The summed E-state index contributed by atoms with van der Waals surface area (Å²) < 4.78 is 5.43. The predicted molar refractivity (Wildman–Crippen MR) is 134 cm³/mol. The van der Waals surface area contributed by atoms with Crippen molar-refractivity contribution in [2.45, 2.75) is 44.8 Å². The quantitative estimate of drug-likeness (QED) is 0.330. The van der Waals surface area contributed by atoms with Gasteiger partial charge in [-0.05, 0) is 54.5 Å². The average molecular weight is 502 g/mol. The van der Waals surface area contributed by atoms with Crippen molar-refractivity contribution in [2.75, 3.05) is 5.32 Å². The van der Waals surface area contributed by atoms with Crippen molar-refractivity contribution < 1.29 is 19.2 Å². The SMILES string of the molecule is NC(=O)c1cnc(On2nnc3ccccc32)nc1NC1CCC(CC(=O)OCc2ccccc2)CC1. The van der Waals surface area contributed by atoms with Gasteiger partial charge in [0.15, 0.2) is 0 Å². The third kappa shape index (κ3) is 6.00. The van der Waals surface area contributed by atoms with Crippen LogP contribution in [0.4, 0.5) is 5.82 Å². The van der Waals surface area contributed by atoms with Gasteiger partial charge in [-0.15, -0.1) is 5.10 Å². The highest BCUT2D eigenvalue weighted by Crippen LogP contribution is 2.30. The van der Waals surface area contributed by atoms with Crippen molar-refractivity contribution in [1.82, 2.24) is 25.1 Å². The molecule has 2 aromatic carbocycles. The summed E-state index contributed by atoms with van der Waals surface area (Å²) in [6.45, 7) is 0.287.